The molecule has 63 heavy (non-hydrogen) atoms. The lowest BCUT2D eigenvalue weighted by Crippen LogP contribution is -2.58. The number of methoxy groups -OCH3 is 2. The monoisotopic (exact) mass is 888 g/mol. The molecule has 4 fully saturated rings. The van der Waals surface area contributed by atoms with Gasteiger partial charge in [-0.1, -0.05) is 70.6 Å². The van der Waals surface area contributed by atoms with E-state index in [1.165, 1.54) is 6.08 Å². The zero-order chi connectivity index (χ0) is 45.5. The second-order valence-electron chi connectivity index (χ2n) is 19.1. The summed E-state index contributed by atoms with van der Waals surface area (Å²) in [6.45, 7) is 15.8. The van der Waals surface area contributed by atoms with Crippen molar-refractivity contribution in [2.75, 3.05) is 14.2 Å². The maximum atomic E-state index is 14.4. The molecule has 2 bridgehead atoms. The van der Waals surface area contributed by atoms with E-state index in [4.69, 9.17) is 47.4 Å². The van der Waals surface area contributed by atoms with Gasteiger partial charge in [0.1, 0.15) is 42.0 Å². The van der Waals surface area contributed by atoms with Gasteiger partial charge in [0.25, 0.3) is 0 Å². The number of aliphatic hydroxyl groups is 4. The summed E-state index contributed by atoms with van der Waals surface area (Å²) in [6, 6.07) is 0. The van der Waals surface area contributed by atoms with E-state index in [0.717, 1.165) is 12.0 Å². The van der Waals surface area contributed by atoms with Crippen molar-refractivity contribution in [1.82, 2.24) is 0 Å². The Morgan fingerprint density at radius 3 is 2.27 bits per heavy atom. The maximum absolute atomic E-state index is 14.4. The van der Waals surface area contributed by atoms with Crippen LogP contribution >= 0.6 is 0 Å². The molecule has 0 aromatic heterocycles. The normalized spacial score (nSPS) is 49.7. The largest absolute Gasteiger partial charge is 0.462 e. The van der Waals surface area contributed by atoms with E-state index in [9.17, 15) is 25.2 Å². The molecule has 0 saturated carbocycles. The van der Waals surface area contributed by atoms with Crippen molar-refractivity contribution in [3.63, 3.8) is 0 Å². The molecule has 0 aromatic carbocycles. The van der Waals surface area contributed by atoms with E-state index in [-0.39, 0.29) is 35.9 Å². The Bertz CT molecular complexity index is 1760. The molecule has 0 aromatic rings. The van der Waals surface area contributed by atoms with Crippen LogP contribution in [0, 0.1) is 23.7 Å². The van der Waals surface area contributed by atoms with Gasteiger partial charge in [-0.05, 0) is 57.3 Å². The third-order valence-electron chi connectivity index (χ3n) is 14.6. The van der Waals surface area contributed by atoms with E-state index >= 15 is 0 Å². The van der Waals surface area contributed by atoms with Crippen molar-refractivity contribution >= 4 is 5.97 Å². The Hall–Kier alpha value is -2.35. The highest BCUT2D eigenvalue weighted by atomic mass is 16.7. The number of hydrogen-bond donors (Lipinski definition) is 4. The van der Waals surface area contributed by atoms with Crippen LogP contribution in [0.15, 0.2) is 59.3 Å². The smallest absolute Gasteiger partial charge is 0.316 e. The van der Waals surface area contributed by atoms with Crippen LogP contribution in [-0.4, -0.2) is 144 Å². The first kappa shape index (κ1) is 48.6. The molecule has 4 N–H and O–H groups in total. The summed E-state index contributed by atoms with van der Waals surface area (Å²) >= 11 is 0. The Labute approximate surface area is 372 Å². The number of allylic oxidation sites excluding steroid dienone is 2. The lowest BCUT2D eigenvalue weighted by Gasteiger charge is -2.48. The molecular formula is C48H72O15. The van der Waals surface area contributed by atoms with Crippen LogP contribution in [0.1, 0.15) is 93.9 Å². The number of fused-ring (bicyclic) bond motifs is 2. The summed E-state index contributed by atoms with van der Waals surface area (Å²) in [5.41, 5.74) is -0.749. The average Bonchev–Trinajstić information content (AvgIpc) is 3.51. The van der Waals surface area contributed by atoms with Crippen LogP contribution in [0.2, 0.25) is 0 Å². The molecule has 7 aliphatic rings. The molecular weight excluding hydrogens is 817 g/mol. The number of ether oxygens (including phenoxy) is 10. The summed E-state index contributed by atoms with van der Waals surface area (Å²) in [7, 11) is 3.19. The van der Waals surface area contributed by atoms with Gasteiger partial charge in [-0.25, -0.2) is 0 Å². The first-order chi connectivity index (χ1) is 29.9. The minimum absolute atomic E-state index is 0.0314. The molecule has 15 heteroatoms. The van der Waals surface area contributed by atoms with Gasteiger partial charge in [0.05, 0.1) is 42.7 Å². The van der Waals surface area contributed by atoms with Gasteiger partial charge in [0.2, 0.25) is 0 Å². The van der Waals surface area contributed by atoms with Gasteiger partial charge in [-0.3, -0.25) is 4.79 Å². The predicted molar refractivity (Wildman–Crippen MR) is 228 cm³/mol. The first-order valence-electron chi connectivity index (χ1n) is 23.0. The fourth-order valence-electron chi connectivity index (χ4n) is 10.6. The molecule has 1 aliphatic carbocycles. The third kappa shape index (κ3) is 9.88. The lowest BCUT2D eigenvalue weighted by molar-refractivity contribution is -0.318. The summed E-state index contributed by atoms with van der Waals surface area (Å²) in [5, 5.41) is 45.5. The highest BCUT2D eigenvalue weighted by Crippen LogP contribution is 2.49. The van der Waals surface area contributed by atoms with E-state index < -0.39 is 109 Å². The minimum Gasteiger partial charge on any atom is -0.462 e. The van der Waals surface area contributed by atoms with Crippen molar-refractivity contribution < 1.29 is 72.6 Å². The maximum Gasteiger partial charge on any atom is 0.316 e. The van der Waals surface area contributed by atoms with Crippen molar-refractivity contribution in [1.29, 1.82) is 0 Å². The second kappa shape index (κ2) is 19.9. The van der Waals surface area contributed by atoms with Gasteiger partial charge in [-0.2, -0.15) is 0 Å². The van der Waals surface area contributed by atoms with E-state index in [0.29, 0.717) is 31.3 Å². The molecule has 6 aliphatic heterocycles. The summed E-state index contributed by atoms with van der Waals surface area (Å²) < 4.78 is 63.3. The van der Waals surface area contributed by atoms with Gasteiger partial charge < -0.3 is 67.8 Å². The lowest BCUT2D eigenvalue weighted by atomic mass is 9.70. The molecule has 1 unspecified atom stereocenters. The topological polar surface area (TPSA) is 190 Å². The van der Waals surface area contributed by atoms with E-state index in [2.05, 4.69) is 32.9 Å². The second-order valence-corrected chi connectivity index (χ2v) is 19.1. The Kier molecular flexibility index (Phi) is 15.3. The van der Waals surface area contributed by atoms with E-state index in [1.54, 1.807) is 40.2 Å². The molecule has 21 atom stereocenters. The van der Waals surface area contributed by atoms with Crippen molar-refractivity contribution in [3.05, 3.63) is 59.3 Å². The summed E-state index contributed by atoms with van der Waals surface area (Å²) in [4.78, 5) is 14.4. The average molecular weight is 889 g/mol. The molecule has 7 rings (SSSR count). The molecule has 15 nitrogen and oxygen atoms in total. The molecule has 6 heterocycles. The predicted octanol–water partition coefficient (Wildman–Crippen LogP) is 4.70. The van der Waals surface area contributed by atoms with Crippen LogP contribution < -0.4 is 0 Å². The standard InChI is InChI=1S/C48H72O15/c1-11-24(2)42-27(5)17-18-47(63-42)23-32-20-31(62-47)16-15-26(4)41(59-38-22-36(55-10)43(30(8)57-38)60-37-21-35(54-9)40(50)29(7)56-37)25(3)13-12-14-33-45(51)61-44-39(49)28(6)19-34(46(52)58-32)48(33,44)53/h12-15,17-19,24-25,27,29-32,34-45,49-51,53H,11,16,20-23H2,1-10H3/b13-12+,26-15+,33-14+/t24-,25-,27-,29-,30-,31+,32-,34-,35-,36-,37-,38-,39+,40-,41-,42+,43-,44+,45?,47+,48+/m0/s1. The number of aliphatic hydroxyl groups excluding tert-OH is 3. The zero-order valence-electron chi connectivity index (χ0n) is 38.5. The van der Waals surface area contributed by atoms with Crippen molar-refractivity contribution in [3.8, 4) is 0 Å². The van der Waals surface area contributed by atoms with Gasteiger partial charge in [-0.15, -0.1) is 0 Å². The summed E-state index contributed by atoms with van der Waals surface area (Å²) in [5.74, 6) is -3.04. The van der Waals surface area contributed by atoms with Crippen LogP contribution in [0.4, 0.5) is 0 Å². The van der Waals surface area contributed by atoms with Crippen molar-refractivity contribution in [2.24, 2.45) is 23.7 Å². The van der Waals surface area contributed by atoms with Crippen molar-refractivity contribution in [2.45, 2.75) is 197 Å². The summed E-state index contributed by atoms with van der Waals surface area (Å²) in [6.07, 6.45) is 5.19. The first-order valence-corrected chi connectivity index (χ1v) is 23.0. The van der Waals surface area contributed by atoms with Crippen LogP contribution in [0.3, 0.4) is 0 Å². The molecule has 0 amide bonds. The molecule has 354 valence electrons. The number of carbonyl (C=O) groups excluding carboxylic acids is 1. The molecule has 1 spiro atoms. The van der Waals surface area contributed by atoms with Crippen LogP contribution in [0.5, 0.6) is 0 Å². The Morgan fingerprint density at radius 2 is 1.56 bits per heavy atom. The SMILES string of the molecule is CC[C@H](C)[C@H]1O[C@]2(C=C[C@@H]1C)C[C@@H]1C[C@@H](C/C=C(\C)[C@@H](O[C@H]3C[C@H](OC)[C@@H](O[C@H]4C[C@H](OC)[C@@H](O)[C@H](C)O4)[C@H](C)O3)[C@@H](C)/C=C/C=C3\C(O)O[C@@H]4[C@H](O)C(C)=C[C@@H](C(=O)O1)[C@]34O)O2. The highest BCUT2D eigenvalue weighted by molar-refractivity contribution is 5.78. The molecule has 4 saturated heterocycles. The van der Waals surface area contributed by atoms with Gasteiger partial charge in [0, 0.05) is 57.3 Å². The third-order valence-corrected chi connectivity index (χ3v) is 14.6. The highest BCUT2D eigenvalue weighted by Gasteiger charge is 2.63. The zero-order valence-corrected chi connectivity index (χ0v) is 38.5. The Balaban J connectivity index is 1.20. The number of rotatable bonds is 8. The van der Waals surface area contributed by atoms with Crippen LogP contribution in [-0.2, 0) is 52.2 Å². The van der Waals surface area contributed by atoms with Crippen LogP contribution in [0.25, 0.3) is 0 Å². The fourth-order valence-corrected chi connectivity index (χ4v) is 10.6. The minimum atomic E-state index is -2.11. The van der Waals surface area contributed by atoms with Gasteiger partial charge >= 0.3 is 5.97 Å². The van der Waals surface area contributed by atoms with Gasteiger partial charge in [0.15, 0.2) is 24.7 Å². The van der Waals surface area contributed by atoms with E-state index in [1.807, 2.05) is 32.9 Å². The Morgan fingerprint density at radius 1 is 0.857 bits per heavy atom. The quantitative estimate of drug-likeness (QED) is 0.194. The molecule has 0 radical (unpaired) electrons. The number of hydrogen-bond acceptors (Lipinski definition) is 15. The number of esters is 1. The fraction of sp³-hybridized carbons (Fsp3) is 0.771. The number of carbonyl (C=O) groups is 1.